The van der Waals surface area contributed by atoms with Crippen molar-refractivity contribution in [1.29, 1.82) is 0 Å². The molecule has 2 aliphatic rings. The molecule has 2 aromatic rings. The zero-order chi connectivity index (χ0) is 24.8. The lowest BCUT2D eigenvalue weighted by molar-refractivity contribution is -0.121. The van der Waals surface area contributed by atoms with Gasteiger partial charge in [0.05, 0.1) is 18.1 Å². The van der Waals surface area contributed by atoms with E-state index in [4.69, 9.17) is 32.7 Å². The molecule has 8 nitrogen and oxygen atoms in total. The zero-order valence-corrected chi connectivity index (χ0v) is 21.2. The summed E-state index contributed by atoms with van der Waals surface area (Å²) >= 11 is 13.0. The number of benzene rings is 1. The molecule has 10 heteroatoms. The van der Waals surface area contributed by atoms with Crippen LogP contribution < -0.4 is 10.6 Å². The van der Waals surface area contributed by atoms with Crippen LogP contribution in [0.4, 0.5) is 16.3 Å². The van der Waals surface area contributed by atoms with E-state index in [2.05, 4.69) is 15.6 Å². The molecule has 0 bridgehead atoms. The number of anilines is 2. The van der Waals surface area contributed by atoms with E-state index in [0.717, 1.165) is 50.3 Å². The number of likely N-dealkylation sites (tertiary alicyclic amines) is 1. The third kappa shape index (κ3) is 6.57. The predicted molar refractivity (Wildman–Crippen MR) is 137 cm³/mol. The monoisotopic (exact) mass is 520 g/mol. The molecule has 1 aromatic carbocycles. The number of hydrogen-bond acceptors (Lipinski definition) is 6. The van der Waals surface area contributed by atoms with Gasteiger partial charge < -0.3 is 25.0 Å². The van der Waals surface area contributed by atoms with Crippen LogP contribution in [-0.2, 0) is 14.3 Å². The smallest absolute Gasteiger partial charge is 0.409 e. The SMILES string of the molecule is COC(=O)N1CCCC(C(=O)Nc2cc(-c3cc(NCC4CCOCC4)ccc3Cl)c(Cl)cn2)C1. The first-order valence-corrected chi connectivity index (χ1v) is 12.6. The Balaban J connectivity index is 1.47. The maximum atomic E-state index is 12.9. The first kappa shape index (κ1) is 25.5. The van der Waals surface area contributed by atoms with Crippen LogP contribution in [0.2, 0.25) is 10.0 Å². The highest BCUT2D eigenvalue weighted by Gasteiger charge is 2.29. The Hall–Kier alpha value is -2.55. The number of nitrogens with zero attached hydrogens (tertiary/aromatic N) is 2. The van der Waals surface area contributed by atoms with Gasteiger partial charge in [-0.15, -0.1) is 0 Å². The minimum absolute atomic E-state index is 0.197. The number of hydrogen-bond donors (Lipinski definition) is 2. The Kier molecular flexibility index (Phi) is 8.70. The van der Waals surface area contributed by atoms with E-state index in [1.807, 2.05) is 18.2 Å². The Morgan fingerprint density at radius 3 is 2.69 bits per heavy atom. The summed E-state index contributed by atoms with van der Waals surface area (Å²) in [5, 5.41) is 7.35. The van der Waals surface area contributed by atoms with Crippen molar-refractivity contribution in [3.8, 4) is 11.1 Å². The number of halogens is 2. The van der Waals surface area contributed by atoms with Crippen molar-refractivity contribution in [2.45, 2.75) is 25.7 Å². The van der Waals surface area contributed by atoms with Crippen molar-refractivity contribution >= 4 is 46.7 Å². The van der Waals surface area contributed by atoms with Crippen LogP contribution in [0.5, 0.6) is 0 Å². The molecule has 4 rings (SSSR count). The standard InChI is InChI=1S/C25H30Cl2N4O4/c1-34-25(33)31-8-2-3-17(15-31)24(32)30-23-12-20(22(27)14-29-23)19-11-18(4-5-21(19)26)28-13-16-6-9-35-10-7-16/h4-5,11-12,14,16-17,28H,2-3,6-10,13,15H2,1H3,(H,29,30,32). The predicted octanol–water partition coefficient (Wildman–Crippen LogP) is 5.31. The van der Waals surface area contributed by atoms with Gasteiger partial charge >= 0.3 is 6.09 Å². The third-order valence-electron chi connectivity index (χ3n) is 6.52. The van der Waals surface area contributed by atoms with E-state index in [9.17, 15) is 9.59 Å². The maximum absolute atomic E-state index is 12.9. The molecule has 1 atom stereocenters. The summed E-state index contributed by atoms with van der Waals surface area (Å²) < 4.78 is 10.2. The van der Waals surface area contributed by atoms with E-state index in [0.29, 0.717) is 46.9 Å². The van der Waals surface area contributed by atoms with E-state index in [1.165, 1.54) is 13.3 Å². The molecule has 1 unspecified atom stereocenters. The van der Waals surface area contributed by atoms with Gasteiger partial charge in [-0.25, -0.2) is 9.78 Å². The normalized spacial score (nSPS) is 18.7. The lowest BCUT2D eigenvalue weighted by Crippen LogP contribution is -2.43. The van der Waals surface area contributed by atoms with Crippen molar-refractivity contribution in [3.63, 3.8) is 0 Å². The fourth-order valence-electron chi connectivity index (χ4n) is 4.48. The maximum Gasteiger partial charge on any atom is 0.409 e. The fourth-order valence-corrected chi connectivity index (χ4v) is 4.91. The Morgan fingerprint density at radius 1 is 1.14 bits per heavy atom. The van der Waals surface area contributed by atoms with Crippen LogP contribution in [-0.4, -0.2) is 61.8 Å². The molecule has 0 radical (unpaired) electrons. The molecule has 188 valence electrons. The van der Waals surface area contributed by atoms with E-state index >= 15 is 0 Å². The average Bonchev–Trinajstić information content (AvgIpc) is 2.89. The zero-order valence-electron chi connectivity index (χ0n) is 19.7. The second-order valence-electron chi connectivity index (χ2n) is 8.93. The van der Waals surface area contributed by atoms with Crippen LogP contribution in [0, 0.1) is 11.8 Å². The first-order valence-electron chi connectivity index (χ1n) is 11.9. The van der Waals surface area contributed by atoms with Gasteiger partial charge in [-0.2, -0.15) is 0 Å². The number of amides is 2. The number of piperidine rings is 1. The summed E-state index contributed by atoms with van der Waals surface area (Å²) in [5.74, 6) is 0.410. The van der Waals surface area contributed by atoms with Gasteiger partial charge in [0.1, 0.15) is 5.82 Å². The fraction of sp³-hybridized carbons (Fsp3) is 0.480. The lowest BCUT2D eigenvalue weighted by Gasteiger charge is -2.30. The Labute approximate surface area is 215 Å². The Morgan fingerprint density at radius 2 is 1.91 bits per heavy atom. The molecule has 2 N–H and O–H groups in total. The molecular weight excluding hydrogens is 491 g/mol. The summed E-state index contributed by atoms with van der Waals surface area (Å²) in [5.41, 5.74) is 2.37. The number of ether oxygens (including phenoxy) is 2. The number of pyridine rings is 1. The van der Waals surface area contributed by atoms with E-state index < -0.39 is 6.09 Å². The molecule has 2 amide bonds. The van der Waals surface area contributed by atoms with Crippen LogP contribution in [0.3, 0.4) is 0 Å². The number of rotatable bonds is 6. The molecule has 0 saturated carbocycles. The number of aromatic nitrogens is 1. The molecule has 3 heterocycles. The molecule has 0 aliphatic carbocycles. The van der Waals surface area contributed by atoms with Crippen LogP contribution >= 0.6 is 23.2 Å². The highest BCUT2D eigenvalue weighted by atomic mass is 35.5. The molecule has 2 fully saturated rings. The molecule has 1 aromatic heterocycles. The number of carbonyl (C=O) groups excluding carboxylic acids is 2. The van der Waals surface area contributed by atoms with Crippen molar-refractivity contribution in [3.05, 3.63) is 40.5 Å². The van der Waals surface area contributed by atoms with Gasteiger partial charge in [-0.05, 0) is 55.9 Å². The van der Waals surface area contributed by atoms with Crippen molar-refractivity contribution < 1.29 is 19.1 Å². The van der Waals surface area contributed by atoms with Crippen molar-refractivity contribution in [2.75, 3.05) is 50.6 Å². The summed E-state index contributed by atoms with van der Waals surface area (Å²) in [6, 6.07) is 7.47. The summed E-state index contributed by atoms with van der Waals surface area (Å²) in [6.45, 7) is 3.37. The highest BCUT2D eigenvalue weighted by molar-refractivity contribution is 6.36. The number of nitrogens with one attached hydrogen (secondary N) is 2. The third-order valence-corrected chi connectivity index (χ3v) is 7.15. The summed E-state index contributed by atoms with van der Waals surface area (Å²) in [6.07, 6.45) is 4.60. The minimum Gasteiger partial charge on any atom is -0.453 e. The van der Waals surface area contributed by atoms with Crippen molar-refractivity contribution in [2.24, 2.45) is 11.8 Å². The minimum atomic E-state index is -0.422. The largest absolute Gasteiger partial charge is 0.453 e. The number of methoxy groups -OCH3 is 1. The van der Waals surface area contributed by atoms with Crippen LogP contribution in [0.15, 0.2) is 30.5 Å². The second kappa shape index (κ2) is 11.9. The summed E-state index contributed by atoms with van der Waals surface area (Å²) in [4.78, 5) is 30.6. The molecule has 35 heavy (non-hydrogen) atoms. The van der Waals surface area contributed by atoms with Gasteiger partial charge in [0.2, 0.25) is 5.91 Å². The van der Waals surface area contributed by atoms with Gasteiger partial charge in [0.25, 0.3) is 0 Å². The quantitative estimate of drug-likeness (QED) is 0.535. The molecule has 2 saturated heterocycles. The molecule has 0 spiro atoms. The second-order valence-corrected chi connectivity index (χ2v) is 9.74. The van der Waals surface area contributed by atoms with E-state index in [-0.39, 0.29) is 11.8 Å². The molecular formula is C25H30Cl2N4O4. The van der Waals surface area contributed by atoms with Gasteiger partial charge in [-0.1, -0.05) is 23.2 Å². The Bertz CT molecular complexity index is 1060. The van der Waals surface area contributed by atoms with Gasteiger partial charge in [-0.3, -0.25) is 4.79 Å². The number of carbonyl (C=O) groups is 2. The van der Waals surface area contributed by atoms with E-state index in [1.54, 1.807) is 11.0 Å². The van der Waals surface area contributed by atoms with Gasteiger partial charge in [0.15, 0.2) is 0 Å². The van der Waals surface area contributed by atoms with Crippen LogP contribution in [0.25, 0.3) is 11.1 Å². The van der Waals surface area contributed by atoms with Crippen LogP contribution in [0.1, 0.15) is 25.7 Å². The molecule has 2 aliphatic heterocycles. The lowest BCUT2D eigenvalue weighted by atomic mass is 9.97. The van der Waals surface area contributed by atoms with Gasteiger partial charge in [0, 0.05) is 60.9 Å². The topological polar surface area (TPSA) is 92.8 Å². The van der Waals surface area contributed by atoms with Crippen molar-refractivity contribution in [1.82, 2.24) is 9.88 Å². The highest BCUT2D eigenvalue weighted by Crippen LogP contribution is 2.36. The average molecular weight is 521 g/mol. The summed E-state index contributed by atoms with van der Waals surface area (Å²) in [7, 11) is 1.34. The first-order chi connectivity index (χ1) is 16.9.